The van der Waals surface area contributed by atoms with Crippen molar-refractivity contribution in [2.24, 2.45) is 0 Å². The van der Waals surface area contributed by atoms with E-state index in [1.54, 1.807) is 0 Å². The highest BCUT2D eigenvalue weighted by molar-refractivity contribution is 6.11. The summed E-state index contributed by atoms with van der Waals surface area (Å²) in [4.78, 5) is 28.3. The molecule has 0 aliphatic heterocycles. The molecule has 0 aliphatic carbocycles. The van der Waals surface area contributed by atoms with Gasteiger partial charge in [0.05, 0.1) is 22.4 Å². The van der Waals surface area contributed by atoms with Gasteiger partial charge in [0.15, 0.2) is 0 Å². The highest BCUT2D eigenvalue weighted by atomic mass is 15.2. The minimum absolute atomic E-state index is 0.566. The molecular weight excluding hydrogens is 725 g/mol. The Labute approximate surface area is 342 Å². The van der Waals surface area contributed by atoms with Gasteiger partial charge >= 0.3 is 0 Å². The Kier molecular flexibility index (Phi) is 9.12. The third kappa shape index (κ3) is 6.83. The van der Waals surface area contributed by atoms with Crippen LogP contribution < -0.4 is 9.80 Å². The Morgan fingerprint density at radius 3 is 1.24 bits per heavy atom. The molecule has 0 amide bonds. The molecule has 8 heteroatoms. The van der Waals surface area contributed by atoms with Gasteiger partial charge < -0.3 is 9.80 Å². The number of nitrogens with zero attached hydrogens (tertiary/aromatic N) is 8. The van der Waals surface area contributed by atoms with Crippen LogP contribution in [0, 0.1) is 13.8 Å². The molecule has 0 saturated carbocycles. The zero-order chi connectivity index (χ0) is 39.7. The average Bonchev–Trinajstić information content (AvgIpc) is 3.61. The second-order valence-corrected chi connectivity index (χ2v) is 14.3. The van der Waals surface area contributed by atoms with Gasteiger partial charge in [0.1, 0.15) is 11.6 Å². The number of rotatable bonds is 9. The van der Waals surface area contributed by atoms with E-state index in [-0.39, 0.29) is 0 Å². The first-order valence-electron chi connectivity index (χ1n) is 19.6. The molecule has 0 fully saturated rings. The molecule has 4 aromatic heterocycles. The van der Waals surface area contributed by atoms with Crippen molar-refractivity contribution in [3.05, 3.63) is 206 Å². The van der Waals surface area contributed by atoms with Crippen molar-refractivity contribution >= 4 is 55.9 Å². The molecule has 10 aromatic rings. The lowest BCUT2D eigenvalue weighted by atomic mass is 10.1. The molecule has 4 heterocycles. The molecule has 0 radical (unpaired) electrons. The summed E-state index contributed by atoms with van der Waals surface area (Å²) >= 11 is 0. The van der Waals surface area contributed by atoms with Crippen LogP contribution in [0.1, 0.15) is 11.6 Å². The first-order valence-corrected chi connectivity index (χ1v) is 19.6. The number of fused-ring (bicyclic) bond motifs is 3. The molecule has 8 nitrogen and oxygen atoms in total. The molecule has 0 atom stereocenters. The van der Waals surface area contributed by atoms with E-state index in [1.165, 1.54) is 0 Å². The van der Waals surface area contributed by atoms with Crippen molar-refractivity contribution in [1.82, 2.24) is 29.5 Å². The molecule has 59 heavy (non-hydrogen) atoms. The minimum Gasteiger partial charge on any atom is -0.310 e. The normalized spacial score (nSPS) is 11.2. The minimum atomic E-state index is 0.566. The maximum atomic E-state index is 4.95. The van der Waals surface area contributed by atoms with Crippen LogP contribution >= 0.6 is 0 Å². The monoisotopic (exact) mass is 762 g/mol. The van der Waals surface area contributed by atoms with Gasteiger partial charge in [-0.15, -0.1) is 0 Å². The SMILES string of the molecule is Cc1nc(C)nc(-n2c3cc(N(c4ccccc4)c4cccc(-c5ccccn5)c4)ccc3c3ccc(N(c4ccccc4)c4cccc(-c5ccccn5)c4)cc32)n1. The fourth-order valence-corrected chi connectivity index (χ4v) is 7.91. The van der Waals surface area contributed by atoms with Gasteiger partial charge in [-0.3, -0.25) is 14.5 Å². The van der Waals surface area contributed by atoms with E-state index < -0.39 is 0 Å². The Balaban J connectivity index is 1.19. The second kappa shape index (κ2) is 15.2. The largest absolute Gasteiger partial charge is 0.310 e. The summed E-state index contributed by atoms with van der Waals surface area (Å²) in [6, 6.07) is 63.3. The average molecular weight is 763 g/mol. The molecule has 0 spiro atoms. The number of aromatic nitrogens is 6. The maximum Gasteiger partial charge on any atom is 0.238 e. The number of hydrogen-bond acceptors (Lipinski definition) is 7. The van der Waals surface area contributed by atoms with E-state index in [1.807, 2.05) is 74.8 Å². The van der Waals surface area contributed by atoms with Gasteiger partial charge in [0.25, 0.3) is 0 Å². The lowest BCUT2D eigenvalue weighted by molar-refractivity contribution is 0.864. The Morgan fingerprint density at radius 2 is 0.797 bits per heavy atom. The molecule has 0 saturated heterocycles. The molecule has 0 unspecified atom stereocenters. The Morgan fingerprint density at radius 1 is 0.373 bits per heavy atom. The number of benzene rings is 6. The van der Waals surface area contributed by atoms with Crippen molar-refractivity contribution < 1.29 is 0 Å². The molecule has 0 aliphatic rings. The molecule has 10 rings (SSSR count). The predicted octanol–water partition coefficient (Wildman–Crippen LogP) is 12.6. The van der Waals surface area contributed by atoms with E-state index in [2.05, 4.69) is 163 Å². The van der Waals surface area contributed by atoms with E-state index in [0.717, 1.165) is 78.4 Å². The van der Waals surface area contributed by atoms with Gasteiger partial charge in [-0.2, -0.15) is 9.97 Å². The summed E-state index contributed by atoms with van der Waals surface area (Å²) in [6.45, 7) is 3.83. The van der Waals surface area contributed by atoms with Crippen LogP contribution in [-0.4, -0.2) is 29.5 Å². The summed E-state index contributed by atoms with van der Waals surface area (Å²) in [6.07, 6.45) is 3.66. The first kappa shape index (κ1) is 35.4. The zero-order valence-electron chi connectivity index (χ0n) is 32.6. The van der Waals surface area contributed by atoms with Crippen molar-refractivity contribution in [1.29, 1.82) is 0 Å². The van der Waals surface area contributed by atoms with Gasteiger partial charge in [-0.1, -0.05) is 84.9 Å². The fourth-order valence-electron chi connectivity index (χ4n) is 7.91. The van der Waals surface area contributed by atoms with Crippen LogP contribution in [0.5, 0.6) is 0 Å². The molecule has 282 valence electrons. The van der Waals surface area contributed by atoms with Gasteiger partial charge in [-0.05, 0) is 111 Å². The van der Waals surface area contributed by atoms with Crippen molar-refractivity contribution in [3.63, 3.8) is 0 Å². The quantitative estimate of drug-likeness (QED) is 0.145. The van der Waals surface area contributed by atoms with Crippen molar-refractivity contribution in [3.8, 4) is 28.5 Å². The van der Waals surface area contributed by atoms with Gasteiger partial charge in [-0.25, -0.2) is 4.98 Å². The molecule has 6 aromatic carbocycles. The third-order valence-electron chi connectivity index (χ3n) is 10.5. The lowest BCUT2D eigenvalue weighted by Crippen LogP contribution is -2.11. The highest BCUT2D eigenvalue weighted by Crippen LogP contribution is 2.43. The summed E-state index contributed by atoms with van der Waals surface area (Å²) in [7, 11) is 0. The summed E-state index contributed by atoms with van der Waals surface area (Å²) in [5.74, 6) is 1.88. The topological polar surface area (TPSA) is 75.9 Å². The van der Waals surface area contributed by atoms with Crippen LogP contribution in [0.15, 0.2) is 194 Å². The van der Waals surface area contributed by atoms with E-state index in [4.69, 9.17) is 9.97 Å². The van der Waals surface area contributed by atoms with Crippen LogP contribution in [-0.2, 0) is 0 Å². The fraction of sp³-hybridized carbons (Fsp3) is 0.0392. The summed E-state index contributed by atoms with van der Waals surface area (Å²) in [5.41, 5.74) is 12.0. The smallest absolute Gasteiger partial charge is 0.238 e. The van der Waals surface area contributed by atoms with Gasteiger partial charge in [0.2, 0.25) is 5.95 Å². The summed E-state index contributed by atoms with van der Waals surface area (Å²) in [5, 5.41) is 2.18. The molecule has 0 N–H and O–H groups in total. The van der Waals surface area contributed by atoms with E-state index in [9.17, 15) is 0 Å². The molecular formula is C51H38N8. The number of anilines is 6. The van der Waals surface area contributed by atoms with Crippen LogP contribution in [0.25, 0.3) is 50.3 Å². The van der Waals surface area contributed by atoms with Crippen LogP contribution in [0.3, 0.4) is 0 Å². The second-order valence-electron chi connectivity index (χ2n) is 14.3. The van der Waals surface area contributed by atoms with Crippen molar-refractivity contribution in [2.45, 2.75) is 13.8 Å². The number of aryl methyl sites for hydroxylation is 2. The highest BCUT2D eigenvalue weighted by Gasteiger charge is 2.22. The van der Waals surface area contributed by atoms with Crippen molar-refractivity contribution in [2.75, 3.05) is 9.80 Å². The third-order valence-corrected chi connectivity index (χ3v) is 10.5. The van der Waals surface area contributed by atoms with E-state index in [0.29, 0.717) is 17.6 Å². The van der Waals surface area contributed by atoms with Crippen LogP contribution in [0.2, 0.25) is 0 Å². The number of pyridine rings is 2. The number of para-hydroxylation sites is 2. The van der Waals surface area contributed by atoms with E-state index >= 15 is 0 Å². The maximum absolute atomic E-state index is 4.95. The molecule has 0 bridgehead atoms. The predicted molar refractivity (Wildman–Crippen MR) is 239 cm³/mol. The zero-order valence-corrected chi connectivity index (χ0v) is 32.6. The van der Waals surface area contributed by atoms with Crippen LogP contribution in [0.4, 0.5) is 34.1 Å². The van der Waals surface area contributed by atoms with Gasteiger partial charge in [0, 0.05) is 68.4 Å². The summed E-state index contributed by atoms with van der Waals surface area (Å²) < 4.78 is 2.18. The number of hydrogen-bond donors (Lipinski definition) is 0. The Bertz CT molecular complexity index is 2870. The lowest BCUT2D eigenvalue weighted by Gasteiger charge is -2.26. The first-order chi connectivity index (χ1) is 29.1. The Hall–Kier alpha value is -7.97. The standard InChI is InChI=1S/C51H38N8/c1-35-54-36(2)56-51(55-35)59-49-33-43(57(39-17-5-3-6-18-39)41-21-13-15-37(31-41)47-23-9-11-29-52-47)25-27-45(49)46-28-26-44(34-50(46)59)58(40-19-7-4-8-20-40)42-22-14-16-38(32-42)48-24-10-12-30-53-48/h3-34H,1-2H3.